The molecule has 0 saturated carbocycles. The Morgan fingerprint density at radius 1 is 1.11 bits per heavy atom. The summed E-state index contributed by atoms with van der Waals surface area (Å²) in [5, 5.41) is 1.57. The van der Waals surface area contributed by atoms with Gasteiger partial charge in [-0.2, -0.15) is 0 Å². The van der Waals surface area contributed by atoms with Gasteiger partial charge in [0.15, 0.2) is 11.5 Å². The van der Waals surface area contributed by atoms with Gasteiger partial charge < -0.3 is 14.4 Å². The third kappa shape index (κ3) is 3.69. The van der Waals surface area contributed by atoms with Crippen molar-refractivity contribution in [2.75, 3.05) is 20.3 Å². The lowest BCUT2D eigenvalue weighted by Crippen LogP contribution is -2.28. The van der Waals surface area contributed by atoms with Gasteiger partial charge in [-0.1, -0.05) is 35.9 Å². The van der Waals surface area contributed by atoms with Gasteiger partial charge in [0, 0.05) is 36.3 Å². The van der Waals surface area contributed by atoms with Crippen LogP contribution in [0, 0.1) is 0 Å². The fraction of sp³-hybridized carbons (Fsp3) is 0.238. The van der Waals surface area contributed by atoms with Gasteiger partial charge in [-0.15, -0.1) is 0 Å². The van der Waals surface area contributed by atoms with Crippen molar-refractivity contribution in [2.24, 2.45) is 0 Å². The Morgan fingerprint density at radius 3 is 2.67 bits per heavy atom. The summed E-state index contributed by atoms with van der Waals surface area (Å²) < 4.78 is 11.1. The van der Waals surface area contributed by atoms with E-state index in [1.165, 1.54) is 0 Å². The number of hydrogen-bond acceptors (Lipinski definition) is 4. The first kappa shape index (κ1) is 17.6. The smallest absolute Gasteiger partial charge is 0.227 e. The lowest BCUT2D eigenvalue weighted by molar-refractivity contribution is -0.129. The first-order valence-corrected chi connectivity index (χ1v) is 9.14. The molecule has 6 heteroatoms. The van der Waals surface area contributed by atoms with Crippen molar-refractivity contribution >= 4 is 28.4 Å². The Balaban J connectivity index is 1.51. The normalized spacial score (nSPS) is 12.8. The minimum Gasteiger partial charge on any atom is -0.486 e. The molecule has 4 rings (SSSR count). The standard InChI is InChI=1S/C21H19ClN2O3/c1-24(13-15-5-2-4-14-6-3-7-23-21(14)15)20(25)11-16-10-18-19(12-17(16)22)27-9-8-26-18/h2-7,10,12H,8-9,11,13H2,1H3. The predicted molar refractivity (Wildman–Crippen MR) is 104 cm³/mol. The third-order valence-corrected chi connectivity index (χ3v) is 4.95. The van der Waals surface area contributed by atoms with Gasteiger partial charge in [0.05, 0.1) is 11.9 Å². The van der Waals surface area contributed by atoms with E-state index >= 15 is 0 Å². The molecule has 0 fully saturated rings. The van der Waals surface area contributed by atoms with Crippen LogP contribution >= 0.6 is 11.6 Å². The highest BCUT2D eigenvalue weighted by molar-refractivity contribution is 6.31. The molecular formula is C21H19ClN2O3. The number of likely N-dealkylation sites (N-methyl/N-ethyl adjacent to an activating group) is 1. The maximum absolute atomic E-state index is 12.7. The Bertz CT molecular complexity index is 1000. The van der Waals surface area contributed by atoms with Crippen molar-refractivity contribution in [3.63, 3.8) is 0 Å². The maximum Gasteiger partial charge on any atom is 0.227 e. The van der Waals surface area contributed by atoms with Crippen LogP contribution in [0.4, 0.5) is 0 Å². The number of pyridine rings is 1. The largest absolute Gasteiger partial charge is 0.486 e. The number of amides is 1. The molecule has 5 nitrogen and oxygen atoms in total. The molecule has 0 aliphatic carbocycles. The molecule has 1 aliphatic heterocycles. The fourth-order valence-corrected chi connectivity index (χ4v) is 3.40. The number of hydrogen-bond donors (Lipinski definition) is 0. The molecule has 27 heavy (non-hydrogen) atoms. The molecule has 0 N–H and O–H groups in total. The summed E-state index contributed by atoms with van der Waals surface area (Å²) in [7, 11) is 1.79. The van der Waals surface area contributed by atoms with Gasteiger partial charge >= 0.3 is 0 Å². The van der Waals surface area contributed by atoms with Crippen LogP contribution in [-0.4, -0.2) is 36.1 Å². The van der Waals surface area contributed by atoms with Crippen LogP contribution in [0.2, 0.25) is 5.02 Å². The summed E-state index contributed by atoms with van der Waals surface area (Å²) in [6, 6.07) is 13.4. The second kappa shape index (κ2) is 7.45. The van der Waals surface area contributed by atoms with E-state index in [2.05, 4.69) is 4.98 Å². The molecule has 1 aromatic heterocycles. The van der Waals surface area contributed by atoms with E-state index in [1.807, 2.05) is 30.3 Å². The Hall–Kier alpha value is -2.79. The average Bonchev–Trinajstić information content (AvgIpc) is 2.68. The first-order valence-electron chi connectivity index (χ1n) is 8.76. The average molecular weight is 383 g/mol. The van der Waals surface area contributed by atoms with Crippen LogP contribution in [0.15, 0.2) is 48.7 Å². The molecule has 138 valence electrons. The van der Waals surface area contributed by atoms with Crippen molar-refractivity contribution in [3.05, 3.63) is 64.8 Å². The first-order chi connectivity index (χ1) is 13.1. The lowest BCUT2D eigenvalue weighted by Gasteiger charge is -2.21. The van der Waals surface area contributed by atoms with Crippen LogP contribution in [0.5, 0.6) is 11.5 Å². The van der Waals surface area contributed by atoms with E-state index < -0.39 is 0 Å². The molecule has 3 aromatic rings. The molecular weight excluding hydrogens is 364 g/mol. The molecule has 1 aliphatic rings. The van der Waals surface area contributed by atoms with E-state index in [9.17, 15) is 4.79 Å². The predicted octanol–water partition coefficient (Wildman–Crippen LogP) is 3.86. The number of carbonyl (C=O) groups excluding carboxylic acids is 1. The van der Waals surface area contributed by atoms with E-state index in [4.69, 9.17) is 21.1 Å². The van der Waals surface area contributed by atoms with Gasteiger partial charge in [-0.3, -0.25) is 9.78 Å². The highest BCUT2D eigenvalue weighted by Crippen LogP contribution is 2.35. The zero-order chi connectivity index (χ0) is 18.8. The van der Waals surface area contributed by atoms with Gasteiger partial charge in [-0.05, 0) is 23.3 Å². The number of fused-ring (bicyclic) bond motifs is 2. The van der Waals surface area contributed by atoms with Crippen LogP contribution < -0.4 is 9.47 Å². The minimum absolute atomic E-state index is 0.0264. The summed E-state index contributed by atoms with van der Waals surface area (Å²) in [6.45, 7) is 1.48. The van der Waals surface area contributed by atoms with E-state index in [0.29, 0.717) is 36.3 Å². The minimum atomic E-state index is -0.0264. The van der Waals surface area contributed by atoms with Gasteiger partial charge in [-0.25, -0.2) is 0 Å². The number of para-hydroxylation sites is 1. The molecule has 1 amide bonds. The number of halogens is 1. The van der Waals surface area contributed by atoms with Gasteiger partial charge in [0.2, 0.25) is 5.91 Å². The number of aromatic nitrogens is 1. The SMILES string of the molecule is CN(Cc1cccc2cccnc12)C(=O)Cc1cc2c(cc1Cl)OCCO2. The summed E-state index contributed by atoms with van der Waals surface area (Å²) in [5.41, 5.74) is 2.66. The van der Waals surface area contributed by atoms with Crippen LogP contribution in [0.3, 0.4) is 0 Å². The Morgan fingerprint density at radius 2 is 1.85 bits per heavy atom. The molecule has 0 unspecified atom stereocenters. The lowest BCUT2D eigenvalue weighted by atomic mass is 10.1. The monoisotopic (exact) mass is 382 g/mol. The van der Waals surface area contributed by atoms with Crippen LogP contribution in [-0.2, 0) is 17.8 Å². The molecule has 0 spiro atoms. The van der Waals surface area contributed by atoms with Crippen LogP contribution in [0.1, 0.15) is 11.1 Å². The zero-order valence-corrected chi connectivity index (χ0v) is 15.7. The third-order valence-electron chi connectivity index (χ3n) is 4.60. The summed E-state index contributed by atoms with van der Waals surface area (Å²) in [6.07, 6.45) is 1.97. The van der Waals surface area contributed by atoms with Crippen molar-refractivity contribution in [1.29, 1.82) is 0 Å². The molecule has 2 heterocycles. The number of carbonyl (C=O) groups is 1. The van der Waals surface area contributed by atoms with Gasteiger partial charge in [0.1, 0.15) is 13.2 Å². The number of benzene rings is 2. The highest BCUT2D eigenvalue weighted by atomic mass is 35.5. The van der Waals surface area contributed by atoms with E-state index in [-0.39, 0.29) is 12.3 Å². The molecule has 0 bridgehead atoms. The van der Waals surface area contributed by atoms with Crippen molar-refractivity contribution < 1.29 is 14.3 Å². The van der Waals surface area contributed by atoms with Crippen molar-refractivity contribution in [2.45, 2.75) is 13.0 Å². The maximum atomic E-state index is 12.7. The Labute approximate surface area is 162 Å². The van der Waals surface area contributed by atoms with Crippen molar-refractivity contribution in [1.82, 2.24) is 9.88 Å². The summed E-state index contributed by atoms with van der Waals surface area (Å²) in [5.74, 6) is 1.23. The zero-order valence-electron chi connectivity index (χ0n) is 14.9. The summed E-state index contributed by atoms with van der Waals surface area (Å²) in [4.78, 5) is 18.9. The number of ether oxygens (including phenoxy) is 2. The second-order valence-corrected chi connectivity index (χ2v) is 6.91. The summed E-state index contributed by atoms with van der Waals surface area (Å²) >= 11 is 6.33. The molecule has 2 aromatic carbocycles. The molecule has 0 atom stereocenters. The topological polar surface area (TPSA) is 51.7 Å². The second-order valence-electron chi connectivity index (χ2n) is 6.51. The van der Waals surface area contributed by atoms with Crippen molar-refractivity contribution in [3.8, 4) is 11.5 Å². The molecule has 0 saturated heterocycles. The number of nitrogens with zero attached hydrogens (tertiary/aromatic N) is 2. The molecule has 0 radical (unpaired) electrons. The van der Waals surface area contributed by atoms with E-state index in [0.717, 1.165) is 22.0 Å². The van der Waals surface area contributed by atoms with Gasteiger partial charge in [0.25, 0.3) is 0 Å². The van der Waals surface area contributed by atoms with Crippen LogP contribution in [0.25, 0.3) is 10.9 Å². The number of rotatable bonds is 4. The highest BCUT2D eigenvalue weighted by Gasteiger charge is 2.18. The Kier molecular flexibility index (Phi) is 4.86. The fourth-order valence-electron chi connectivity index (χ4n) is 3.18. The quantitative estimate of drug-likeness (QED) is 0.687. The van der Waals surface area contributed by atoms with E-state index in [1.54, 1.807) is 30.3 Å².